The molecule has 0 heterocycles. The summed E-state index contributed by atoms with van der Waals surface area (Å²) in [5.74, 6) is -0.161. The van der Waals surface area contributed by atoms with Gasteiger partial charge in [0.1, 0.15) is 0 Å². The molecule has 0 spiro atoms. The Morgan fingerprint density at radius 2 is 1.69 bits per heavy atom. The fraction of sp³-hybridized carbons (Fsp3) is 0.350. The van der Waals surface area contributed by atoms with Crippen LogP contribution >= 0.6 is 0 Å². The van der Waals surface area contributed by atoms with E-state index in [0.717, 1.165) is 22.3 Å². The molecule has 0 unspecified atom stereocenters. The fourth-order valence-corrected chi connectivity index (χ4v) is 3.38. The van der Waals surface area contributed by atoms with E-state index in [1.54, 1.807) is 0 Å². The normalized spacial score (nSPS) is 11.5. The summed E-state index contributed by atoms with van der Waals surface area (Å²) in [5, 5.41) is 2.86. The number of benzene rings is 2. The summed E-state index contributed by atoms with van der Waals surface area (Å²) in [4.78, 5) is 12.1. The smallest absolute Gasteiger partial charge is 0.221 e. The highest BCUT2D eigenvalue weighted by molar-refractivity contribution is 7.88. The molecule has 0 aliphatic carbocycles. The van der Waals surface area contributed by atoms with Crippen LogP contribution in [0.5, 0.6) is 0 Å². The van der Waals surface area contributed by atoms with Crippen molar-refractivity contribution < 1.29 is 13.2 Å². The molecule has 5 nitrogen and oxygen atoms in total. The van der Waals surface area contributed by atoms with Crippen LogP contribution in [0.1, 0.15) is 28.7 Å². The van der Waals surface area contributed by atoms with E-state index < -0.39 is 10.0 Å². The molecule has 0 fully saturated rings. The molecule has 0 radical (unpaired) electrons. The number of nitrogens with zero attached hydrogens (tertiary/aromatic N) is 1. The van der Waals surface area contributed by atoms with Gasteiger partial charge < -0.3 is 5.32 Å². The number of carbonyl (C=O) groups is 1. The van der Waals surface area contributed by atoms with Gasteiger partial charge in [0.2, 0.25) is 15.9 Å². The molecular formula is C20H26N2O3S. The van der Waals surface area contributed by atoms with Gasteiger partial charge in [-0.25, -0.2) is 8.42 Å². The molecule has 0 aliphatic rings. The average Bonchev–Trinajstić information content (AvgIpc) is 2.58. The lowest BCUT2D eigenvalue weighted by molar-refractivity contribution is -0.121. The highest BCUT2D eigenvalue weighted by atomic mass is 32.2. The maximum absolute atomic E-state index is 12.1. The SMILES string of the molecule is Cc1ccc(CN(CCC(=O)NCc2ccccc2C)S(C)(=O)=O)cc1. The minimum atomic E-state index is -3.39. The molecular weight excluding hydrogens is 348 g/mol. The van der Waals surface area contributed by atoms with Crippen LogP contribution in [0.15, 0.2) is 48.5 Å². The first-order chi connectivity index (χ1) is 12.3. The topological polar surface area (TPSA) is 66.5 Å². The van der Waals surface area contributed by atoms with E-state index in [-0.39, 0.29) is 25.4 Å². The zero-order chi connectivity index (χ0) is 19.2. The number of hydrogen-bond donors (Lipinski definition) is 1. The molecule has 0 aliphatic heterocycles. The molecule has 2 aromatic rings. The van der Waals surface area contributed by atoms with Crippen molar-refractivity contribution in [2.24, 2.45) is 0 Å². The summed E-state index contributed by atoms with van der Waals surface area (Å²) in [6.45, 7) is 4.85. The van der Waals surface area contributed by atoms with Crippen LogP contribution in [-0.4, -0.2) is 31.4 Å². The van der Waals surface area contributed by atoms with Crippen molar-refractivity contribution in [1.82, 2.24) is 9.62 Å². The fourth-order valence-electron chi connectivity index (χ4n) is 2.58. The van der Waals surface area contributed by atoms with Gasteiger partial charge in [0, 0.05) is 26.1 Å². The van der Waals surface area contributed by atoms with E-state index in [0.29, 0.717) is 6.54 Å². The minimum Gasteiger partial charge on any atom is -0.352 e. The zero-order valence-electron chi connectivity index (χ0n) is 15.5. The Morgan fingerprint density at radius 1 is 1.04 bits per heavy atom. The first-order valence-corrected chi connectivity index (χ1v) is 10.4. The van der Waals surface area contributed by atoms with Gasteiger partial charge in [-0.2, -0.15) is 4.31 Å². The van der Waals surface area contributed by atoms with Crippen LogP contribution < -0.4 is 5.32 Å². The van der Waals surface area contributed by atoms with Gasteiger partial charge in [0.15, 0.2) is 0 Å². The molecule has 26 heavy (non-hydrogen) atoms. The maximum atomic E-state index is 12.1. The highest BCUT2D eigenvalue weighted by Crippen LogP contribution is 2.11. The second-order valence-corrected chi connectivity index (χ2v) is 8.52. The van der Waals surface area contributed by atoms with Crippen LogP contribution in [0.4, 0.5) is 0 Å². The largest absolute Gasteiger partial charge is 0.352 e. The number of sulfonamides is 1. The van der Waals surface area contributed by atoms with Gasteiger partial charge >= 0.3 is 0 Å². The number of hydrogen-bond acceptors (Lipinski definition) is 3. The molecule has 2 rings (SSSR count). The van der Waals surface area contributed by atoms with Crippen molar-refractivity contribution in [3.8, 4) is 0 Å². The van der Waals surface area contributed by atoms with E-state index >= 15 is 0 Å². The Morgan fingerprint density at radius 3 is 2.31 bits per heavy atom. The first kappa shape index (κ1) is 20.1. The summed E-state index contributed by atoms with van der Waals surface area (Å²) < 4.78 is 25.4. The van der Waals surface area contributed by atoms with Crippen molar-refractivity contribution in [3.63, 3.8) is 0 Å². The molecule has 1 N–H and O–H groups in total. The highest BCUT2D eigenvalue weighted by Gasteiger charge is 2.18. The third-order valence-electron chi connectivity index (χ3n) is 4.27. The molecule has 0 aromatic heterocycles. The van der Waals surface area contributed by atoms with Gasteiger partial charge in [0.25, 0.3) is 0 Å². The van der Waals surface area contributed by atoms with Crippen LogP contribution in [0.25, 0.3) is 0 Å². The quantitative estimate of drug-likeness (QED) is 0.773. The summed E-state index contributed by atoms with van der Waals surface area (Å²) in [7, 11) is -3.39. The molecule has 6 heteroatoms. The standard InChI is InChI=1S/C20H26N2O3S/c1-16-8-10-18(11-9-16)15-22(26(3,24)25)13-12-20(23)21-14-19-7-5-4-6-17(19)2/h4-11H,12-15H2,1-3H3,(H,21,23). The van der Waals surface area contributed by atoms with Gasteiger partial charge in [-0.05, 0) is 30.5 Å². The third kappa shape index (κ3) is 6.28. The van der Waals surface area contributed by atoms with Crippen LogP contribution in [0.2, 0.25) is 0 Å². The summed E-state index contributed by atoms with van der Waals surface area (Å²) in [5.41, 5.74) is 4.20. The predicted octanol–water partition coefficient (Wildman–Crippen LogP) is 2.77. The van der Waals surface area contributed by atoms with Crippen LogP contribution in [-0.2, 0) is 27.9 Å². The molecule has 2 aromatic carbocycles. The molecule has 0 bridgehead atoms. The predicted molar refractivity (Wildman–Crippen MR) is 104 cm³/mol. The van der Waals surface area contributed by atoms with Crippen molar-refractivity contribution in [2.75, 3.05) is 12.8 Å². The van der Waals surface area contributed by atoms with Crippen molar-refractivity contribution in [3.05, 3.63) is 70.8 Å². The Kier molecular flexibility index (Phi) is 6.94. The lowest BCUT2D eigenvalue weighted by atomic mass is 10.1. The lowest BCUT2D eigenvalue weighted by Crippen LogP contribution is -2.34. The van der Waals surface area contributed by atoms with Crippen LogP contribution in [0, 0.1) is 13.8 Å². The van der Waals surface area contributed by atoms with E-state index in [1.807, 2.05) is 62.4 Å². The Hall–Kier alpha value is -2.18. The average molecular weight is 375 g/mol. The number of nitrogens with one attached hydrogen (secondary N) is 1. The van der Waals surface area contributed by atoms with E-state index in [9.17, 15) is 13.2 Å². The first-order valence-electron chi connectivity index (χ1n) is 8.57. The Balaban J connectivity index is 1.91. The van der Waals surface area contributed by atoms with Crippen LogP contribution in [0.3, 0.4) is 0 Å². The van der Waals surface area contributed by atoms with E-state index in [4.69, 9.17) is 0 Å². The van der Waals surface area contributed by atoms with Gasteiger partial charge in [-0.1, -0.05) is 54.1 Å². The second kappa shape index (κ2) is 8.96. The second-order valence-electron chi connectivity index (χ2n) is 6.54. The summed E-state index contributed by atoms with van der Waals surface area (Å²) in [6, 6.07) is 15.6. The minimum absolute atomic E-state index is 0.130. The lowest BCUT2D eigenvalue weighted by Gasteiger charge is -2.20. The van der Waals surface area contributed by atoms with Gasteiger partial charge in [-0.15, -0.1) is 0 Å². The van der Waals surface area contributed by atoms with Gasteiger partial charge in [0.05, 0.1) is 6.26 Å². The monoisotopic (exact) mass is 374 g/mol. The molecule has 0 saturated heterocycles. The van der Waals surface area contributed by atoms with Gasteiger partial charge in [-0.3, -0.25) is 4.79 Å². The number of aryl methyl sites for hydroxylation is 2. The van der Waals surface area contributed by atoms with Crippen molar-refractivity contribution >= 4 is 15.9 Å². The van der Waals surface area contributed by atoms with E-state index in [1.165, 1.54) is 10.6 Å². The third-order valence-corrected chi connectivity index (χ3v) is 5.52. The Labute approximate surface area is 156 Å². The summed E-state index contributed by atoms with van der Waals surface area (Å²) in [6.07, 6.45) is 1.30. The van der Waals surface area contributed by atoms with E-state index in [2.05, 4.69) is 5.32 Å². The van der Waals surface area contributed by atoms with Crippen molar-refractivity contribution in [2.45, 2.75) is 33.4 Å². The number of rotatable bonds is 8. The molecule has 140 valence electrons. The summed E-state index contributed by atoms with van der Waals surface area (Å²) >= 11 is 0. The zero-order valence-corrected chi connectivity index (χ0v) is 16.3. The Bertz CT molecular complexity index is 846. The molecule has 0 atom stereocenters. The molecule has 0 saturated carbocycles. The maximum Gasteiger partial charge on any atom is 0.221 e. The number of carbonyl (C=O) groups excluding carboxylic acids is 1. The number of amides is 1. The van der Waals surface area contributed by atoms with Crippen molar-refractivity contribution in [1.29, 1.82) is 0 Å². The molecule has 1 amide bonds.